The van der Waals surface area contributed by atoms with Gasteiger partial charge in [0.15, 0.2) is 5.96 Å². The summed E-state index contributed by atoms with van der Waals surface area (Å²) >= 11 is 1.69. The SMILES string of the molecule is CN=C(NCc1ccc(OC)cc1)NCc1ncc(C)s1.I. The van der Waals surface area contributed by atoms with Crippen molar-refractivity contribution in [3.8, 4) is 5.75 Å². The maximum Gasteiger partial charge on any atom is 0.191 e. The first-order valence-electron chi connectivity index (χ1n) is 6.70. The second-order valence-electron chi connectivity index (χ2n) is 4.49. The number of halogens is 1. The molecule has 2 rings (SSSR count). The lowest BCUT2D eigenvalue weighted by atomic mass is 10.2. The Morgan fingerprint density at radius 3 is 2.45 bits per heavy atom. The lowest BCUT2D eigenvalue weighted by Crippen LogP contribution is -2.36. The lowest BCUT2D eigenvalue weighted by Gasteiger charge is -2.11. The standard InChI is InChI=1S/C15H20N4OS.HI/c1-11-8-17-14(21-11)10-19-15(16-2)18-9-12-4-6-13(20-3)7-5-12;/h4-8H,9-10H2,1-3H3,(H2,16,18,19);1H. The van der Waals surface area contributed by atoms with Crippen molar-refractivity contribution in [1.29, 1.82) is 0 Å². The summed E-state index contributed by atoms with van der Waals surface area (Å²) in [5.41, 5.74) is 1.17. The Kier molecular flexibility index (Phi) is 8.18. The van der Waals surface area contributed by atoms with E-state index >= 15 is 0 Å². The molecule has 0 saturated heterocycles. The Bertz CT molecular complexity index is 598. The van der Waals surface area contributed by atoms with Crippen molar-refractivity contribution in [2.45, 2.75) is 20.0 Å². The van der Waals surface area contributed by atoms with Gasteiger partial charge in [-0.15, -0.1) is 35.3 Å². The van der Waals surface area contributed by atoms with Gasteiger partial charge in [0.2, 0.25) is 0 Å². The fourth-order valence-corrected chi connectivity index (χ4v) is 2.52. The van der Waals surface area contributed by atoms with Gasteiger partial charge in [0.05, 0.1) is 13.7 Å². The quantitative estimate of drug-likeness (QED) is 0.434. The van der Waals surface area contributed by atoms with Crippen LogP contribution in [-0.4, -0.2) is 25.1 Å². The van der Waals surface area contributed by atoms with Gasteiger partial charge in [0.1, 0.15) is 10.8 Å². The second-order valence-corrected chi connectivity index (χ2v) is 5.81. The number of aryl methyl sites for hydroxylation is 1. The van der Waals surface area contributed by atoms with E-state index in [4.69, 9.17) is 4.74 Å². The van der Waals surface area contributed by atoms with Gasteiger partial charge in [-0.2, -0.15) is 0 Å². The monoisotopic (exact) mass is 432 g/mol. The molecule has 0 spiro atoms. The third kappa shape index (κ3) is 5.80. The Morgan fingerprint density at radius 2 is 1.91 bits per heavy atom. The van der Waals surface area contributed by atoms with Gasteiger partial charge in [-0.3, -0.25) is 4.99 Å². The maximum atomic E-state index is 5.14. The number of rotatable bonds is 5. The highest BCUT2D eigenvalue weighted by atomic mass is 127. The lowest BCUT2D eigenvalue weighted by molar-refractivity contribution is 0.414. The number of benzene rings is 1. The van der Waals surface area contributed by atoms with Crippen molar-refractivity contribution in [3.05, 3.63) is 45.9 Å². The minimum atomic E-state index is 0. The van der Waals surface area contributed by atoms with E-state index in [0.717, 1.165) is 16.7 Å². The summed E-state index contributed by atoms with van der Waals surface area (Å²) in [4.78, 5) is 9.74. The van der Waals surface area contributed by atoms with Crippen LogP contribution in [-0.2, 0) is 13.1 Å². The number of nitrogens with zero attached hydrogens (tertiary/aromatic N) is 2. The summed E-state index contributed by atoms with van der Waals surface area (Å²) in [5, 5.41) is 7.58. The van der Waals surface area contributed by atoms with E-state index in [-0.39, 0.29) is 24.0 Å². The summed E-state index contributed by atoms with van der Waals surface area (Å²) < 4.78 is 5.14. The zero-order valence-electron chi connectivity index (χ0n) is 12.9. The number of methoxy groups -OCH3 is 1. The summed E-state index contributed by atoms with van der Waals surface area (Å²) in [5.74, 6) is 1.62. The normalized spacial score (nSPS) is 10.8. The fraction of sp³-hybridized carbons (Fsp3) is 0.333. The minimum Gasteiger partial charge on any atom is -0.497 e. The highest BCUT2D eigenvalue weighted by molar-refractivity contribution is 14.0. The highest BCUT2D eigenvalue weighted by Gasteiger charge is 2.02. The number of hydrogen-bond donors (Lipinski definition) is 2. The third-order valence-electron chi connectivity index (χ3n) is 2.92. The Balaban J connectivity index is 0.00000242. The molecule has 2 aromatic rings. The molecule has 1 heterocycles. The zero-order chi connectivity index (χ0) is 15.1. The van der Waals surface area contributed by atoms with Crippen LogP contribution in [0.4, 0.5) is 0 Å². The summed E-state index contributed by atoms with van der Waals surface area (Å²) in [6.45, 7) is 3.44. The second kappa shape index (κ2) is 9.62. The van der Waals surface area contributed by atoms with Crippen molar-refractivity contribution in [2.24, 2.45) is 4.99 Å². The number of aliphatic imine (C=N–C) groups is 1. The first-order valence-corrected chi connectivity index (χ1v) is 7.51. The van der Waals surface area contributed by atoms with Crippen LogP contribution in [0.1, 0.15) is 15.4 Å². The third-order valence-corrected chi connectivity index (χ3v) is 3.83. The predicted octanol–water partition coefficient (Wildman–Crippen LogP) is 2.94. The van der Waals surface area contributed by atoms with Crippen LogP contribution in [0.5, 0.6) is 5.75 Å². The van der Waals surface area contributed by atoms with E-state index in [0.29, 0.717) is 13.1 Å². The summed E-state index contributed by atoms with van der Waals surface area (Å²) in [7, 11) is 3.43. The molecule has 0 radical (unpaired) electrons. The molecule has 120 valence electrons. The molecule has 0 aliphatic rings. The molecule has 0 bridgehead atoms. The first-order chi connectivity index (χ1) is 10.2. The number of hydrogen-bond acceptors (Lipinski definition) is 4. The van der Waals surface area contributed by atoms with Crippen LogP contribution < -0.4 is 15.4 Å². The molecule has 0 fully saturated rings. The number of guanidine groups is 1. The van der Waals surface area contributed by atoms with E-state index in [1.807, 2.05) is 30.5 Å². The van der Waals surface area contributed by atoms with E-state index in [1.54, 1.807) is 25.5 Å². The number of nitrogens with one attached hydrogen (secondary N) is 2. The Morgan fingerprint density at radius 1 is 1.23 bits per heavy atom. The van der Waals surface area contributed by atoms with Gasteiger partial charge in [0, 0.05) is 24.7 Å². The van der Waals surface area contributed by atoms with Crippen LogP contribution >= 0.6 is 35.3 Å². The summed E-state index contributed by atoms with van der Waals surface area (Å²) in [6.07, 6.45) is 1.88. The van der Waals surface area contributed by atoms with E-state index in [1.165, 1.54) is 10.4 Å². The van der Waals surface area contributed by atoms with Crippen LogP contribution in [0.3, 0.4) is 0 Å². The van der Waals surface area contributed by atoms with Crippen LogP contribution in [0, 0.1) is 6.92 Å². The molecule has 0 atom stereocenters. The molecule has 0 saturated carbocycles. The van der Waals surface area contributed by atoms with Crippen LogP contribution in [0.15, 0.2) is 35.5 Å². The van der Waals surface area contributed by atoms with E-state index in [9.17, 15) is 0 Å². The molecule has 0 unspecified atom stereocenters. The number of thiazole rings is 1. The van der Waals surface area contributed by atoms with Crippen LogP contribution in [0.2, 0.25) is 0 Å². The van der Waals surface area contributed by atoms with Crippen LogP contribution in [0.25, 0.3) is 0 Å². The predicted molar refractivity (Wildman–Crippen MR) is 102 cm³/mol. The molecule has 0 aliphatic heterocycles. The van der Waals surface area contributed by atoms with Crippen molar-refractivity contribution in [3.63, 3.8) is 0 Å². The van der Waals surface area contributed by atoms with Crippen molar-refractivity contribution in [1.82, 2.24) is 15.6 Å². The number of ether oxygens (including phenoxy) is 1. The minimum absolute atomic E-state index is 0. The zero-order valence-corrected chi connectivity index (χ0v) is 16.1. The molecular weight excluding hydrogens is 411 g/mol. The van der Waals surface area contributed by atoms with E-state index < -0.39 is 0 Å². The molecule has 0 aliphatic carbocycles. The van der Waals surface area contributed by atoms with Crippen molar-refractivity contribution >= 4 is 41.3 Å². The molecule has 2 N–H and O–H groups in total. The molecule has 7 heteroatoms. The molecule has 1 aromatic carbocycles. The first kappa shape index (κ1) is 18.7. The van der Waals surface area contributed by atoms with Gasteiger partial charge in [-0.05, 0) is 24.6 Å². The van der Waals surface area contributed by atoms with Gasteiger partial charge in [0.25, 0.3) is 0 Å². The molecule has 5 nitrogen and oxygen atoms in total. The molecule has 0 amide bonds. The van der Waals surface area contributed by atoms with E-state index in [2.05, 4.69) is 27.5 Å². The highest BCUT2D eigenvalue weighted by Crippen LogP contribution is 2.11. The smallest absolute Gasteiger partial charge is 0.191 e. The average molecular weight is 432 g/mol. The van der Waals surface area contributed by atoms with Gasteiger partial charge in [-0.1, -0.05) is 12.1 Å². The van der Waals surface area contributed by atoms with Gasteiger partial charge in [-0.25, -0.2) is 4.98 Å². The molecular formula is C15H21IN4OS. The Hall–Kier alpha value is -1.35. The topological polar surface area (TPSA) is 58.5 Å². The average Bonchev–Trinajstić information content (AvgIpc) is 2.93. The number of aromatic nitrogens is 1. The fourth-order valence-electron chi connectivity index (χ4n) is 1.79. The summed E-state index contributed by atoms with van der Waals surface area (Å²) in [6, 6.07) is 7.96. The van der Waals surface area contributed by atoms with Crippen molar-refractivity contribution < 1.29 is 4.74 Å². The maximum absolute atomic E-state index is 5.14. The largest absolute Gasteiger partial charge is 0.497 e. The molecule has 22 heavy (non-hydrogen) atoms. The molecule has 1 aromatic heterocycles. The van der Waals surface area contributed by atoms with Crippen molar-refractivity contribution in [2.75, 3.05) is 14.2 Å². The Labute approximate surface area is 152 Å². The van der Waals surface area contributed by atoms with Gasteiger partial charge >= 0.3 is 0 Å². The van der Waals surface area contributed by atoms with Gasteiger partial charge < -0.3 is 15.4 Å².